The van der Waals surface area contributed by atoms with Gasteiger partial charge in [0.2, 0.25) is 0 Å². The molecule has 1 aromatic carbocycles. The van der Waals surface area contributed by atoms with Crippen LogP contribution >= 0.6 is 0 Å². The van der Waals surface area contributed by atoms with Crippen LogP contribution in [0.15, 0.2) is 42.7 Å². The van der Waals surface area contributed by atoms with Gasteiger partial charge in [-0.15, -0.1) is 0 Å². The van der Waals surface area contributed by atoms with Crippen LogP contribution in [0.25, 0.3) is 21.8 Å². The molecule has 126 valence electrons. The minimum Gasteiger partial charge on any atom is -0.444 e. The van der Waals surface area contributed by atoms with Gasteiger partial charge in [-0.1, -0.05) is 6.07 Å². The van der Waals surface area contributed by atoms with Gasteiger partial charge < -0.3 is 14.6 Å². The van der Waals surface area contributed by atoms with Gasteiger partial charge in [-0.25, -0.2) is 4.79 Å². The van der Waals surface area contributed by atoms with Crippen molar-refractivity contribution in [2.75, 3.05) is 0 Å². The first-order valence-corrected chi connectivity index (χ1v) is 8.15. The highest BCUT2D eigenvalue weighted by atomic mass is 16.6. The van der Waals surface area contributed by atoms with E-state index in [1.54, 1.807) is 6.20 Å². The van der Waals surface area contributed by atoms with Gasteiger partial charge in [-0.2, -0.15) is 0 Å². The molecule has 0 aliphatic heterocycles. The molecule has 0 aliphatic carbocycles. The van der Waals surface area contributed by atoms with Crippen molar-refractivity contribution < 1.29 is 9.53 Å². The molecule has 1 amide bonds. The fraction of sp³-hybridized carbons (Fsp3) is 0.368. The summed E-state index contributed by atoms with van der Waals surface area (Å²) in [7, 11) is 0. The molecule has 0 radical (unpaired) electrons. The van der Waals surface area contributed by atoms with E-state index in [1.165, 1.54) is 5.39 Å². The molecule has 2 aromatic heterocycles. The van der Waals surface area contributed by atoms with E-state index in [4.69, 9.17) is 4.74 Å². The number of nitrogens with one attached hydrogen (secondary N) is 1. The highest BCUT2D eigenvalue weighted by Gasteiger charge is 2.18. The largest absolute Gasteiger partial charge is 0.444 e. The van der Waals surface area contributed by atoms with Crippen LogP contribution in [0.3, 0.4) is 0 Å². The highest BCUT2D eigenvalue weighted by molar-refractivity contribution is 6.04. The summed E-state index contributed by atoms with van der Waals surface area (Å²) in [6.45, 7) is 8.21. The third-order valence-corrected chi connectivity index (χ3v) is 3.74. The Bertz CT molecular complexity index is 877. The van der Waals surface area contributed by atoms with E-state index in [1.807, 2.05) is 46.0 Å². The molecule has 1 atom stereocenters. The van der Waals surface area contributed by atoms with E-state index in [2.05, 4.69) is 33.1 Å². The first kappa shape index (κ1) is 16.3. The zero-order valence-electron chi connectivity index (χ0n) is 14.5. The lowest BCUT2D eigenvalue weighted by atomic mass is 10.1. The summed E-state index contributed by atoms with van der Waals surface area (Å²) in [4.78, 5) is 16.3. The Morgan fingerprint density at radius 3 is 2.83 bits per heavy atom. The number of fused-ring (bicyclic) bond motifs is 3. The zero-order chi connectivity index (χ0) is 17.3. The van der Waals surface area contributed by atoms with Crippen LogP contribution in [0, 0.1) is 0 Å². The molecule has 3 aromatic rings. The number of aromatic nitrogens is 2. The standard InChI is InChI=1S/C19H23N3O2/c1-13(21-18(23)24-19(2,3)4)12-22-11-9-14-7-8-16-15(17(14)22)6-5-10-20-16/h5-11,13H,12H2,1-4H3,(H,21,23). The number of alkyl carbamates (subject to hydrolysis) is 1. The van der Waals surface area contributed by atoms with E-state index in [9.17, 15) is 4.79 Å². The fourth-order valence-corrected chi connectivity index (χ4v) is 2.86. The first-order valence-electron chi connectivity index (χ1n) is 8.15. The van der Waals surface area contributed by atoms with Crippen LogP contribution in [0.2, 0.25) is 0 Å². The van der Waals surface area contributed by atoms with Gasteiger partial charge in [0.1, 0.15) is 5.60 Å². The molecule has 3 rings (SSSR count). The van der Waals surface area contributed by atoms with Crippen LogP contribution in [0.1, 0.15) is 27.7 Å². The summed E-state index contributed by atoms with van der Waals surface area (Å²) in [5.41, 5.74) is 1.61. The maximum atomic E-state index is 11.9. The number of ether oxygens (including phenoxy) is 1. The van der Waals surface area contributed by atoms with Crippen LogP contribution in [-0.2, 0) is 11.3 Å². The summed E-state index contributed by atoms with van der Waals surface area (Å²) in [6, 6.07) is 10.2. The third kappa shape index (κ3) is 3.50. The van der Waals surface area contributed by atoms with Gasteiger partial charge in [-0.3, -0.25) is 4.98 Å². The van der Waals surface area contributed by atoms with Crippen LogP contribution in [0.5, 0.6) is 0 Å². The molecule has 5 nitrogen and oxygen atoms in total. The lowest BCUT2D eigenvalue weighted by molar-refractivity contribution is 0.0504. The van der Waals surface area contributed by atoms with Crippen molar-refractivity contribution in [2.24, 2.45) is 0 Å². The minimum atomic E-state index is -0.494. The van der Waals surface area contributed by atoms with Crippen molar-refractivity contribution in [1.29, 1.82) is 0 Å². The zero-order valence-corrected chi connectivity index (χ0v) is 14.5. The lowest BCUT2D eigenvalue weighted by Gasteiger charge is -2.22. The molecule has 2 heterocycles. The molecular formula is C19H23N3O2. The van der Waals surface area contributed by atoms with Gasteiger partial charge in [0, 0.05) is 35.8 Å². The number of hydrogen-bond donors (Lipinski definition) is 1. The molecule has 0 saturated carbocycles. The molecule has 24 heavy (non-hydrogen) atoms. The quantitative estimate of drug-likeness (QED) is 0.788. The second-order valence-corrected chi connectivity index (χ2v) is 7.09. The number of benzene rings is 1. The molecular weight excluding hydrogens is 302 g/mol. The first-order chi connectivity index (χ1) is 11.3. The highest BCUT2D eigenvalue weighted by Crippen LogP contribution is 2.25. The molecule has 0 fully saturated rings. The smallest absolute Gasteiger partial charge is 0.407 e. The Balaban J connectivity index is 1.83. The third-order valence-electron chi connectivity index (χ3n) is 3.74. The summed E-state index contributed by atoms with van der Waals surface area (Å²) in [6.07, 6.45) is 3.45. The Kier molecular flexibility index (Phi) is 4.18. The molecule has 5 heteroatoms. The van der Waals surface area contributed by atoms with E-state index in [-0.39, 0.29) is 6.04 Å². The maximum Gasteiger partial charge on any atom is 0.407 e. The van der Waals surface area contributed by atoms with E-state index in [0.717, 1.165) is 16.4 Å². The van der Waals surface area contributed by atoms with E-state index < -0.39 is 11.7 Å². The van der Waals surface area contributed by atoms with Crippen LogP contribution in [0.4, 0.5) is 4.79 Å². The van der Waals surface area contributed by atoms with Crippen molar-refractivity contribution in [3.63, 3.8) is 0 Å². The summed E-state index contributed by atoms with van der Waals surface area (Å²) < 4.78 is 7.47. The predicted octanol–water partition coefficient (Wildman–Crippen LogP) is 4.10. The summed E-state index contributed by atoms with van der Waals surface area (Å²) in [5.74, 6) is 0. The topological polar surface area (TPSA) is 56.2 Å². The molecule has 1 N–H and O–H groups in total. The Labute approximate surface area is 141 Å². The number of pyridine rings is 1. The van der Waals surface area contributed by atoms with E-state index >= 15 is 0 Å². The number of hydrogen-bond acceptors (Lipinski definition) is 3. The fourth-order valence-electron chi connectivity index (χ4n) is 2.86. The second-order valence-electron chi connectivity index (χ2n) is 7.09. The average Bonchev–Trinajstić information content (AvgIpc) is 2.88. The summed E-state index contributed by atoms with van der Waals surface area (Å²) >= 11 is 0. The molecule has 1 unspecified atom stereocenters. The SMILES string of the molecule is CC(Cn1ccc2ccc3ncccc3c21)NC(=O)OC(C)(C)C. The number of amides is 1. The van der Waals surface area contributed by atoms with E-state index in [0.29, 0.717) is 6.54 Å². The van der Waals surface area contributed by atoms with Crippen molar-refractivity contribution in [3.8, 4) is 0 Å². The van der Waals surface area contributed by atoms with Gasteiger partial charge in [-0.05, 0) is 52.0 Å². The van der Waals surface area contributed by atoms with Gasteiger partial charge in [0.15, 0.2) is 0 Å². The van der Waals surface area contributed by atoms with Crippen molar-refractivity contribution in [1.82, 2.24) is 14.9 Å². The van der Waals surface area contributed by atoms with Gasteiger partial charge in [0.25, 0.3) is 0 Å². The predicted molar refractivity (Wildman–Crippen MR) is 96.1 cm³/mol. The maximum absolute atomic E-state index is 11.9. The molecule has 0 bridgehead atoms. The Morgan fingerprint density at radius 1 is 1.29 bits per heavy atom. The average molecular weight is 325 g/mol. The molecule has 0 aliphatic rings. The Morgan fingerprint density at radius 2 is 2.08 bits per heavy atom. The van der Waals surface area contributed by atoms with Crippen LogP contribution in [-0.4, -0.2) is 27.3 Å². The lowest BCUT2D eigenvalue weighted by Crippen LogP contribution is -2.39. The van der Waals surface area contributed by atoms with Crippen LogP contribution < -0.4 is 5.32 Å². The number of carbonyl (C=O) groups excluding carboxylic acids is 1. The monoisotopic (exact) mass is 325 g/mol. The molecule has 0 spiro atoms. The Hall–Kier alpha value is -2.56. The minimum absolute atomic E-state index is 0.0534. The number of rotatable bonds is 3. The van der Waals surface area contributed by atoms with Crippen molar-refractivity contribution >= 4 is 27.9 Å². The second kappa shape index (κ2) is 6.15. The van der Waals surface area contributed by atoms with Crippen molar-refractivity contribution in [2.45, 2.75) is 45.9 Å². The van der Waals surface area contributed by atoms with Crippen molar-refractivity contribution in [3.05, 3.63) is 42.7 Å². The normalized spacial score (nSPS) is 13.2. The number of carbonyl (C=O) groups is 1. The van der Waals surface area contributed by atoms with Gasteiger partial charge >= 0.3 is 6.09 Å². The summed E-state index contributed by atoms with van der Waals surface area (Å²) in [5, 5.41) is 5.17. The molecule has 0 saturated heterocycles. The number of nitrogens with zero attached hydrogens (tertiary/aromatic N) is 2. The van der Waals surface area contributed by atoms with Gasteiger partial charge in [0.05, 0.1) is 11.0 Å².